The molecule has 0 radical (unpaired) electrons. The topological polar surface area (TPSA) is 80.6 Å². The van der Waals surface area contributed by atoms with E-state index in [0.717, 1.165) is 41.8 Å². The first-order valence-electron chi connectivity index (χ1n) is 12.4. The van der Waals surface area contributed by atoms with Crippen molar-refractivity contribution in [1.29, 1.82) is 0 Å². The summed E-state index contributed by atoms with van der Waals surface area (Å²) in [5, 5.41) is 7.53. The van der Waals surface area contributed by atoms with E-state index in [-0.39, 0.29) is 11.9 Å². The fraction of sp³-hybridized carbons (Fsp3) is 0.429. The molecular weight excluding hydrogens is 460 g/mol. The maximum absolute atomic E-state index is 13.1. The van der Waals surface area contributed by atoms with Crippen LogP contribution in [0.4, 0.5) is 5.00 Å². The molecule has 1 aliphatic carbocycles. The molecule has 2 N–H and O–H groups in total. The molecule has 0 saturated carbocycles. The lowest BCUT2D eigenvalue weighted by atomic mass is 9.69. The van der Waals surface area contributed by atoms with E-state index in [9.17, 15) is 9.59 Å². The van der Waals surface area contributed by atoms with Crippen LogP contribution in [0.15, 0.2) is 40.8 Å². The largest absolute Gasteiger partial charge is 0.462 e. The molecule has 7 heteroatoms. The summed E-state index contributed by atoms with van der Waals surface area (Å²) in [7, 11) is 0. The molecule has 0 fully saturated rings. The molecule has 2 aliphatic rings. The van der Waals surface area contributed by atoms with Crippen LogP contribution in [0, 0.1) is 11.3 Å². The van der Waals surface area contributed by atoms with Gasteiger partial charge in [-0.25, -0.2) is 4.79 Å². The van der Waals surface area contributed by atoms with Gasteiger partial charge in [0.25, 0.3) is 5.91 Å². The monoisotopic (exact) mass is 492 g/mol. The van der Waals surface area contributed by atoms with E-state index in [1.807, 2.05) is 24.3 Å². The summed E-state index contributed by atoms with van der Waals surface area (Å²) in [5.41, 5.74) is 3.69. The predicted molar refractivity (Wildman–Crippen MR) is 138 cm³/mol. The number of thiophene rings is 1. The predicted octanol–water partition coefficient (Wildman–Crippen LogP) is 6.58. The SMILES string of the molecule is CCOC(=O)c1ccc(-c2ccc(C3NC(=O)c4c(sc5c4CCC(C(C)(C)CC)C5)N3)o2)cc1. The number of hydrogen-bond donors (Lipinski definition) is 2. The Morgan fingerprint density at radius 3 is 2.63 bits per heavy atom. The van der Waals surface area contributed by atoms with Crippen LogP contribution in [-0.2, 0) is 17.6 Å². The number of anilines is 1. The molecule has 6 nitrogen and oxygen atoms in total. The zero-order valence-corrected chi connectivity index (χ0v) is 21.5. The molecule has 5 rings (SSSR count). The third-order valence-corrected chi connectivity index (χ3v) is 8.84. The minimum absolute atomic E-state index is 0.0359. The van der Waals surface area contributed by atoms with Crippen molar-refractivity contribution >= 4 is 28.2 Å². The van der Waals surface area contributed by atoms with Gasteiger partial charge in [0.1, 0.15) is 16.5 Å². The van der Waals surface area contributed by atoms with Crippen LogP contribution >= 0.6 is 11.3 Å². The number of benzene rings is 1. The Hall–Kier alpha value is -3.06. The number of fused-ring (bicyclic) bond motifs is 3. The summed E-state index contributed by atoms with van der Waals surface area (Å²) in [6.07, 6.45) is 3.86. The first-order valence-corrected chi connectivity index (χ1v) is 13.2. The van der Waals surface area contributed by atoms with E-state index in [1.165, 1.54) is 10.4 Å². The molecule has 184 valence electrons. The molecule has 2 atom stereocenters. The third-order valence-electron chi connectivity index (χ3n) is 7.65. The van der Waals surface area contributed by atoms with Crippen molar-refractivity contribution in [2.24, 2.45) is 11.3 Å². The molecule has 0 saturated heterocycles. The van der Waals surface area contributed by atoms with Crippen LogP contribution in [0.25, 0.3) is 11.3 Å². The van der Waals surface area contributed by atoms with Gasteiger partial charge in [-0.05, 0) is 67.3 Å². The Balaban J connectivity index is 1.34. The second-order valence-corrected chi connectivity index (χ2v) is 11.1. The fourth-order valence-corrected chi connectivity index (χ4v) is 6.40. The summed E-state index contributed by atoms with van der Waals surface area (Å²) in [4.78, 5) is 26.4. The van der Waals surface area contributed by atoms with Gasteiger partial charge in [0, 0.05) is 10.4 Å². The number of carbonyl (C=O) groups is 2. The van der Waals surface area contributed by atoms with Crippen molar-refractivity contribution in [3.05, 3.63) is 63.7 Å². The van der Waals surface area contributed by atoms with Crippen LogP contribution in [0.5, 0.6) is 0 Å². The quantitative estimate of drug-likeness (QED) is 0.380. The van der Waals surface area contributed by atoms with Crippen LogP contribution in [-0.4, -0.2) is 18.5 Å². The number of esters is 1. The number of rotatable bonds is 6. The molecule has 3 aromatic rings. The highest BCUT2D eigenvalue weighted by Gasteiger charge is 2.37. The van der Waals surface area contributed by atoms with Gasteiger partial charge in [-0.3, -0.25) is 4.79 Å². The molecule has 3 heterocycles. The minimum atomic E-state index is -0.425. The average Bonchev–Trinajstić information content (AvgIpc) is 3.49. The van der Waals surface area contributed by atoms with Gasteiger partial charge in [-0.1, -0.05) is 39.3 Å². The van der Waals surface area contributed by atoms with Gasteiger partial charge in [0.2, 0.25) is 0 Å². The van der Waals surface area contributed by atoms with E-state index in [4.69, 9.17) is 9.15 Å². The van der Waals surface area contributed by atoms with Gasteiger partial charge in [-0.15, -0.1) is 11.3 Å². The maximum atomic E-state index is 13.1. The zero-order chi connectivity index (χ0) is 24.7. The zero-order valence-electron chi connectivity index (χ0n) is 20.7. The molecule has 2 aromatic heterocycles. The second-order valence-electron chi connectivity index (χ2n) is 10.0. The highest BCUT2D eigenvalue weighted by molar-refractivity contribution is 7.16. The number of nitrogens with one attached hydrogen (secondary N) is 2. The molecule has 1 aromatic carbocycles. The van der Waals surface area contributed by atoms with Crippen molar-refractivity contribution in [2.45, 2.75) is 59.5 Å². The number of hydrogen-bond acceptors (Lipinski definition) is 6. The third kappa shape index (κ3) is 4.38. The molecule has 0 spiro atoms. The second kappa shape index (κ2) is 9.19. The van der Waals surface area contributed by atoms with E-state index >= 15 is 0 Å². The van der Waals surface area contributed by atoms with Crippen LogP contribution < -0.4 is 10.6 Å². The molecule has 2 unspecified atom stereocenters. The highest BCUT2D eigenvalue weighted by atomic mass is 32.1. The van der Waals surface area contributed by atoms with E-state index in [1.54, 1.807) is 30.4 Å². The van der Waals surface area contributed by atoms with Crippen LogP contribution in [0.3, 0.4) is 0 Å². The smallest absolute Gasteiger partial charge is 0.338 e. The Morgan fingerprint density at radius 2 is 1.91 bits per heavy atom. The van der Waals surface area contributed by atoms with Gasteiger partial charge >= 0.3 is 5.97 Å². The Labute approximate surface area is 210 Å². The van der Waals surface area contributed by atoms with E-state index in [0.29, 0.717) is 35.0 Å². The first kappa shape index (κ1) is 23.7. The lowest BCUT2D eigenvalue weighted by Crippen LogP contribution is -2.38. The van der Waals surface area contributed by atoms with Crippen molar-refractivity contribution in [2.75, 3.05) is 11.9 Å². The first-order chi connectivity index (χ1) is 16.8. The standard InChI is InChI=1S/C28H32N2O4S/c1-5-28(3,4)18-11-12-19-22(15-18)35-26-23(19)25(31)29-24(30-26)21-14-13-20(34-21)16-7-9-17(10-8-16)27(32)33-6-2/h7-10,13-14,18,24,30H,5-6,11-12,15H2,1-4H3,(H,29,31). The van der Waals surface area contributed by atoms with Gasteiger partial charge < -0.3 is 19.8 Å². The number of ether oxygens (including phenoxy) is 1. The average molecular weight is 493 g/mol. The van der Waals surface area contributed by atoms with Crippen molar-refractivity contribution in [3.63, 3.8) is 0 Å². The Kier molecular flexibility index (Phi) is 6.21. The van der Waals surface area contributed by atoms with Crippen molar-refractivity contribution < 1.29 is 18.7 Å². The Morgan fingerprint density at radius 1 is 1.14 bits per heavy atom. The molecular formula is C28H32N2O4S. The van der Waals surface area contributed by atoms with Crippen molar-refractivity contribution in [3.8, 4) is 11.3 Å². The van der Waals surface area contributed by atoms with Crippen molar-refractivity contribution in [1.82, 2.24) is 5.32 Å². The van der Waals surface area contributed by atoms with E-state index in [2.05, 4.69) is 31.4 Å². The lowest BCUT2D eigenvalue weighted by molar-refractivity contribution is 0.0526. The molecule has 0 bridgehead atoms. The Bertz CT molecular complexity index is 1250. The van der Waals surface area contributed by atoms with E-state index < -0.39 is 6.17 Å². The molecule has 35 heavy (non-hydrogen) atoms. The fourth-order valence-electron chi connectivity index (χ4n) is 5.04. The van der Waals surface area contributed by atoms with Crippen LogP contribution in [0.2, 0.25) is 0 Å². The number of carbonyl (C=O) groups excluding carboxylic acids is 2. The number of furan rings is 1. The summed E-state index contributed by atoms with van der Waals surface area (Å²) in [5.74, 6) is 1.58. The van der Waals surface area contributed by atoms with Gasteiger partial charge in [0.05, 0.1) is 17.7 Å². The highest BCUT2D eigenvalue weighted by Crippen LogP contribution is 2.47. The molecule has 1 aliphatic heterocycles. The number of amides is 1. The minimum Gasteiger partial charge on any atom is -0.462 e. The summed E-state index contributed by atoms with van der Waals surface area (Å²) in [6, 6.07) is 10.9. The maximum Gasteiger partial charge on any atom is 0.338 e. The summed E-state index contributed by atoms with van der Waals surface area (Å²) >= 11 is 1.72. The molecule has 1 amide bonds. The summed E-state index contributed by atoms with van der Waals surface area (Å²) in [6.45, 7) is 9.11. The lowest BCUT2D eigenvalue weighted by Gasteiger charge is -2.36. The van der Waals surface area contributed by atoms with Gasteiger partial charge in [-0.2, -0.15) is 0 Å². The normalized spacial score (nSPS) is 19.4. The van der Waals surface area contributed by atoms with Crippen LogP contribution in [0.1, 0.15) is 83.6 Å². The van der Waals surface area contributed by atoms with Gasteiger partial charge in [0.15, 0.2) is 6.17 Å². The summed E-state index contributed by atoms with van der Waals surface area (Å²) < 4.78 is 11.2.